The predicted octanol–water partition coefficient (Wildman–Crippen LogP) is 2.06. The van der Waals surface area contributed by atoms with Gasteiger partial charge in [0, 0.05) is 6.61 Å². The third-order valence-corrected chi connectivity index (χ3v) is 3.97. The molecule has 5 nitrogen and oxygen atoms in total. The first kappa shape index (κ1) is 15.5. The van der Waals surface area contributed by atoms with Crippen LogP contribution in [0.15, 0.2) is 30.3 Å². The number of nitrogens with one attached hydrogen (secondary N) is 1. The second-order valence-electron chi connectivity index (χ2n) is 5.27. The van der Waals surface area contributed by atoms with Crippen LogP contribution in [-0.4, -0.2) is 29.7 Å². The lowest BCUT2D eigenvalue weighted by molar-refractivity contribution is -0.151. The molecule has 2 unspecified atom stereocenters. The fraction of sp³-hybridized carbons (Fsp3) is 0.500. The number of aliphatic carboxylic acids is 1. The second kappa shape index (κ2) is 6.72. The third kappa shape index (κ3) is 3.24. The van der Waals surface area contributed by atoms with Gasteiger partial charge < -0.3 is 15.2 Å². The van der Waals surface area contributed by atoms with E-state index >= 15 is 0 Å². The Hall–Kier alpha value is -1.88. The molecule has 2 rings (SSSR count). The van der Waals surface area contributed by atoms with E-state index in [-0.39, 0.29) is 12.3 Å². The zero-order valence-corrected chi connectivity index (χ0v) is 12.2. The van der Waals surface area contributed by atoms with Gasteiger partial charge in [-0.2, -0.15) is 0 Å². The van der Waals surface area contributed by atoms with Crippen LogP contribution in [0.1, 0.15) is 38.2 Å². The van der Waals surface area contributed by atoms with Gasteiger partial charge in [-0.1, -0.05) is 37.3 Å². The number of carbonyl (C=O) groups is 2. The van der Waals surface area contributed by atoms with Gasteiger partial charge >= 0.3 is 5.97 Å². The van der Waals surface area contributed by atoms with Crippen LogP contribution in [0.3, 0.4) is 0 Å². The first-order valence-electron chi connectivity index (χ1n) is 7.32. The Labute approximate surface area is 124 Å². The molecule has 0 saturated carbocycles. The van der Waals surface area contributed by atoms with Crippen molar-refractivity contribution in [2.45, 2.75) is 44.2 Å². The summed E-state index contributed by atoms with van der Waals surface area (Å²) in [4.78, 5) is 24.2. The molecule has 1 aromatic carbocycles. The van der Waals surface area contributed by atoms with Gasteiger partial charge in [-0.3, -0.25) is 4.79 Å². The lowest BCUT2D eigenvalue weighted by Crippen LogP contribution is -2.54. The van der Waals surface area contributed by atoms with Crippen molar-refractivity contribution in [2.75, 3.05) is 6.61 Å². The molecule has 2 atom stereocenters. The molecule has 1 saturated heterocycles. The van der Waals surface area contributed by atoms with Gasteiger partial charge in [-0.25, -0.2) is 4.79 Å². The third-order valence-electron chi connectivity index (χ3n) is 3.97. The van der Waals surface area contributed by atoms with E-state index in [0.717, 1.165) is 12.8 Å². The highest BCUT2D eigenvalue weighted by Gasteiger charge is 2.41. The van der Waals surface area contributed by atoms with Crippen LogP contribution < -0.4 is 5.32 Å². The van der Waals surface area contributed by atoms with Crippen LogP contribution >= 0.6 is 0 Å². The van der Waals surface area contributed by atoms with Gasteiger partial charge in [0.1, 0.15) is 6.10 Å². The van der Waals surface area contributed by atoms with E-state index in [9.17, 15) is 14.7 Å². The number of carboxylic acids is 1. The first-order valence-corrected chi connectivity index (χ1v) is 7.32. The molecule has 114 valence electrons. The summed E-state index contributed by atoms with van der Waals surface area (Å²) in [6.07, 6.45) is 2.23. The Morgan fingerprint density at radius 3 is 2.57 bits per heavy atom. The van der Waals surface area contributed by atoms with Crippen molar-refractivity contribution in [2.24, 2.45) is 0 Å². The van der Waals surface area contributed by atoms with Gasteiger partial charge in [0.25, 0.3) is 0 Å². The van der Waals surface area contributed by atoms with Crippen LogP contribution in [0, 0.1) is 0 Å². The average Bonchev–Trinajstić information content (AvgIpc) is 2.54. The number of benzene rings is 1. The second-order valence-corrected chi connectivity index (χ2v) is 5.27. The van der Waals surface area contributed by atoms with Crippen LogP contribution in [0.25, 0.3) is 0 Å². The van der Waals surface area contributed by atoms with Crippen molar-refractivity contribution < 1.29 is 19.4 Å². The van der Waals surface area contributed by atoms with Gasteiger partial charge in [0.2, 0.25) is 5.91 Å². The van der Waals surface area contributed by atoms with Crippen molar-refractivity contribution in [1.29, 1.82) is 0 Å². The molecule has 1 aliphatic heterocycles. The van der Waals surface area contributed by atoms with Gasteiger partial charge in [0.05, 0.1) is 0 Å². The molecule has 1 amide bonds. The van der Waals surface area contributed by atoms with Crippen LogP contribution in [0.5, 0.6) is 0 Å². The molecule has 0 bridgehead atoms. The lowest BCUT2D eigenvalue weighted by Gasteiger charge is -2.32. The van der Waals surface area contributed by atoms with Crippen molar-refractivity contribution in [3.8, 4) is 0 Å². The molecule has 2 N–H and O–H groups in total. The summed E-state index contributed by atoms with van der Waals surface area (Å²) in [5.41, 5.74) is -0.830. The number of amides is 1. The summed E-state index contributed by atoms with van der Waals surface area (Å²) in [5.74, 6) is -1.40. The SMILES string of the molecule is CCC(NC(=O)C1CCCCO1)(C(=O)O)c1ccccc1. The minimum atomic E-state index is -1.40. The highest BCUT2D eigenvalue weighted by atomic mass is 16.5. The number of ether oxygens (including phenoxy) is 1. The van der Waals surface area contributed by atoms with Crippen LogP contribution in [0.2, 0.25) is 0 Å². The molecule has 0 aliphatic carbocycles. The first-order chi connectivity index (χ1) is 10.1. The van der Waals surface area contributed by atoms with Gasteiger partial charge in [-0.15, -0.1) is 0 Å². The van der Waals surface area contributed by atoms with E-state index in [2.05, 4.69) is 5.32 Å². The summed E-state index contributed by atoms with van der Waals surface area (Å²) in [5, 5.41) is 12.4. The Morgan fingerprint density at radius 1 is 1.33 bits per heavy atom. The summed E-state index contributed by atoms with van der Waals surface area (Å²) < 4.78 is 5.44. The average molecular weight is 291 g/mol. The summed E-state index contributed by atoms with van der Waals surface area (Å²) in [6.45, 7) is 2.30. The van der Waals surface area contributed by atoms with E-state index in [4.69, 9.17) is 4.74 Å². The monoisotopic (exact) mass is 291 g/mol. The minimum Gasteiger partial charge on any atom is -0.479 e. The molecule has 1 fully saturated rings. The lowest BCUT2D eigenvalue weighted by atomic mass is 9.86. The van der Waals surface area contributed by atoms with E-state index < -0.39 is 17.6 Å². The maximum Gasteiger partial charge on any atom is 0.334 e. The van der Waals surface area contributed by atoms with Crippen molar-refractivity contribution in [3.05, 3.63) is 35.9 Å². The fourth-order valence-electron chi connectivity index (χ4n) is 2.65. The fourth-order valence-corrected chi connectivity index (χ4v) is 2.65. The standard InChI is InChI=1S/C16H21NO4/c1-2-16(15(19)20,12-8-4-3-5-9-12)17-14(18)13-10-6-7-11-21-13/h3-5,8-9,13H,2,6-7,10-11H2,1H3,(H,17,18)(H,19,20). The Morgan fingerprint density at radius 2 is 2.05 bits per heavy atom. The minimum absolute atomic E-state index is 0.269. The van der Waals surface area contributed by atoms with E-state index in [1.54, 1.807) is 31.2 Å². The molecule has 21 heavy (non-hydrogen) atoms. The Bertz CT molecular complexity index is 496. The highest BCUT2D eigenvalue weighted by Crippen LogP contribution is 2.26. The molecule has 5 heteroatoms. The number of hydrogen-bond donors (Lipinski definition) is 2. The number of carboxylic acid groups (broad SMARTS) is 1. The summed E-state index contributed by atoms with van der Waals surface area (Å²) in [7, 11) is 0. The smallest absolute Gasteiger partial charge is 0.334 e. The topological polar surface area (TPSA) is 75.6 Å². The molecule has 1 aromatic rings. The summed E-state index contributed by atoms with van der Waals surface area (Å²) >= 11 is 0. The molecule has 1 heterocycles. The van der Waals surface area contributed by atoms with Crippen molar-refractivity contribution in [3.63, 3.8) is 0 Å². The largest absolute Gasteiger partial charge is 0.479 e. The quantitative estimate of drug-likeness (QED) is 0.870. The zero-order chi connectivity index (χ0) is 15.3. The zero-order valence-electron chi connectivity index (χ0n) is 12.2. The van der Waals surface area contributed by atoms with Crippen molar-refractivity contribution >= 4 is 11.9 Å². The Kier molecular flexibility index (Phi) is 4.96. The predicted molar refractivity (Wildman–Crippen MR) is 77.8 cm³/mol. The van der Waals surface area contributed by atoms with Gasteiger partial charge in [0.15, 0.2) is 5.54 Å². The molecular weight excluding hydrogens is 270 g/mol. The maximum atomic E-state index is 12.4. The molecule has 0 spiro atoms. The van der Waals surface area contributed by atoms with Crippen LogP contribution in [0.4, 0.5) is 0 Å². The molecule has 0 radical (unpaired) electrons. The van der Waals surface area contributed by atoms with Gasteiger partial charge in [-0.05, 0) is 31.2 Å². The number of rotatable bonds is 5. The summed E-state index contributed by atoms with van der Waals surface area (Å²) in [6, 6.07) is 8.80. The van der Waals surface area contributed by atoms with E-state index in [1.807, 2.05) is 6.07 Å². The number of hydrogen-bond acceptors (Lipinski definition) is 3. The van der Waals surface area contributed by atoms with Crippen molar-refractivity contribution in [1.82, 2.24) is 5.32 Å². The highest BCUT2D eigenvalue weighted by molar-refractivity contribution is 5.90. The van der Waals surface area contributed by atoms with E-state index in [1.165, 1.54) is 0 Å². The van der Waals surface area contributed by atoms with Crippen LogP contribution in [-0.2, 0) is 19.9 Å². The molecule has 1 aliphatic rings. The number of carbonyl (C=O) groups excluding carboxylic acids is 1. The van der Waals surface area contributed by atoms with E-state index in [0.29, 0.717) is 18.6 Å². The molecule has 0 aromatic heterocycles. The maximum absolute atomic E-state index is 12.4. The molecular formula is C16H21NO4. The Balaban J connectivity index is 2.24. The normalized spacial score (nSPS) is 21.3.